The highest BCUT2D eigenvalue weighted by Crippen LogP contribution is 2.31. The van der Waals surface area contributed by atoms with Gasteiger partial charge in [-0.05, 0) is 36.8 Å². The van der Waals surface area contributed by atoms with Gasteiger partial charge in [0.1, 0.15) is 5.75 Å². The first kappa shape index (κ1) is 18.8. The maximum atomic E-state index is 13.0. The Balaban J connectivity index is 1.46. The second kappa shape index (κ2) is 7.45. The second-order valence-electron chi connectivity index (χ2n) is 7.23. The molecule has 2 saturated heterocycles. The van der Waals surface area contributed by atoms with Crippen LogP contribution in [0.1, 0.15) is 12.0 Å². The van der Waals surface area contributed by atoms with E-state index in [4.69, 9.17) is 11.6 Å². The van der Waals surface area contributed by atoms with Crippen molar-refractivity contribution < 1.29 is 14.7 Å². The number of nitrogens with zero attached hydrogens (tertiary/aromatic N) is 3. The lowest BCUT2D eigenvalue weighted by Gasteiger charge is -2.38. The fourth-order valence-corrected chi connectivity index (χ4v) is 4.07. The van der Waals surface area contributed by atoms with E-state index in [9.17, 15) is 14.7 Å². The molecule has 2 aromatic rings. The number of carbonyl (C=O) groups is 2. The van der Waals surface area contributed by atoms with Gasteiger partial charge in [0.15, 0.2) is 0 Å². The standard InChI is InChI=1S/C21H22ClN3O3/c1-14-6-7-15(12-16(14)22)25-20(27)13-18(21(25)28)24-10-8-23(9-11-24)17-4-2-3-5-19(17)26/h2-7,12,18,26H,8-11,13H2,1H3/t18-/m0/s1. The molecule has 0 aliphatic carbocycles. The average molecular weight is 400 g/mol. The predicted octanol–water partition coefficient (Wildman–Crippen LogP) is 2.81. The first-order valence-corrected chi connectivity index (χ1v) is 9.73. The quantitative estimate of drug-likeness (QED) is 0.804. The summed E-state index contributed by atoms with van der Waals surface area (Å²) in [6.45, 7) is 4.56. The van der Waals surface area contributed by atoms with E-state index in [0.29, 0.717) is 36.9 Å². The number of hydrogen-bond donors (Lipinski definition) is 1. The van der Waals surface area contributed by atoms with Gasteiger partial charge in [0, 0.05) is 31.2 Å². The number of hydrogen-bond acceptors (Lipinski definition) is 5. The highest BCUT2D eigenvalue weighted by Gasteiger charge is 2.43. The van der Waals surface area contributed by atoms with E-state index in [2.05, 4.69) is 9.80 Å². The smallest absolute Gasteiger partial charge is 0.251 e. The zero-order valence-corrected chi connectivity index (χ0v) is 16.4. The van der Waals surface area contributed by atoms with E-state index < -0.39 is 6.04 Å². The molecule has 2 aliphatic rings. The van der Waals surface area contributed by atoms with Crippen LogP contribution in [0.25, 0.3) is 0 Å². The fraction of sp³-hybridized carbons (Fsp3) is 0.333. The normalized spacial score (nSPS) is 20.9. The van der Waals surface area contributed by atoms with Gasteiger partial charge in [0.25, 0.3) is 5.91 Å². The third kappa shape index (κ3) is 3.34. The number of phenolic OH excluding ortho intramolecular Hbond substituents is 1. The number of aromatic hydroxyl groups is 1. The zero-order chi connectivity index (χ0) is 19.8. The monoisotopic (exact) mass is 399 g/mol. The predicted molar refractivity (Wildman–Crippen MR) is 109 cm³/mol. The van der Waals surface area contributed by atoms with Crippen LogP contribution in [-0.2, 0) is 9.59 Å². The Bertz CT molecular complexity index is 925. The molecule has 0 bridgehead atoms. The van der Waals surface area contributed by atoms with Crippen molar-refractivity contribution in [3.63, 3.8) is 0 Å². The van der Waals surface area contributed by atoms with Gasteiger partial charge in [-0.15, -0.1) is 0 Å². The van der Waals surface area contributed by atoms with E-state index in [1.807, 2.05) is 25.1 Å². The number of halogens is 1. The minimum absolute atomic E-state index is 0.181. The molecule has 146 valence electrons. The summed E-state index contributed by atoms with van der Waals surface area (Å²) in [5, 5.41) is 10.6. The van der Waals surface area contributed by atoms with Gasteiger partial charge >= 0.3 is 0 Å². The third-order valence-corrected chi connectivity index (χ3v) is 5.92. The largest absolute Gasteiger partial charge is 0.506 e. The Hall–Kier alpha value is -2.57. The highest BCUT2D eigenvalue weighted by molar-refractivity contribution is 6.32. The molecule has 0 radical (unpaired) electrons. The Labute approximate surface area is 168 Å². The molecular weight excluding hydrogens is 378 g/mol. The molecule has 0 spiro atoms. The minimum atomic E-state index is -0.445. The number of phenols is 1. The number of benzene rings is 2. The van der Waals surface area contributed by atoms with E-state index in [1.165, 1.54) is 4.90 Å². The van der Waals surface area contributed by atoms with Crippen LogP contribution in [0.15, 0.2) is 42.5 Å². The molecule has 4 rings (SSSR count). The van der Waals surface area contributed by atoms with Gasteiger partial charge in [-0.25, -0.2) is 4.90 Å². The van der Waals surface area contributed by atoms with Crippen molar-refractivity contribution >= 4 is 34.8 Å². The number of amides is 2. The van der Waals surface area contributed by atoms with Crippen molar-refractivity contribution in [2.24, 2.45) is 0 Å². The first-order chi connectivity index (χ1) is 13.5. The highest BCUT2D eigenvalue weighted by atomic mass is 35.5. The van der Waals surface area contributed by atoms with Crippen LogP contribution in [-0.4, -0.2) is 54.0 Å². The van der Waals surface area contributed by atoms with E-state index in [1.54, 1.807) is 24.3 Å². The lowest BCUT2D eigenvalue weighted by Crippen LogP contribution is -2.52. The minimum Gasteiger partial charge on any atom is -0.506 e. The molecular formula is C21H22ClN3O3. The van der Waals surface area contributed by atoms with Crippen molar-refractivity contribution in [3.8, 4) is 5.75 Å². The van der Waals surface area contributed by atoms with Crippen molar-refractivity contribution in [1.82, 2.24) is 4.90 Å². The molecule has 2 aliphatic heterocycles. The number of aryl methyl sites for hydroxylation is 1. The van der Waals surface area contributed by atoms with Crippen molar-refractivity contribution in [1.29, 1.82) is 0 Å². The summed E-state index contributed by atoms with van der Waals surface area (Å²) in [6, 6.07) is 12.1. The fourth-order valence-electron chi connectivity index (χ4n) is 3.90. The molecule has 1 atom stereocenters. The molecule has 0 saturated carbocycles. The molecule has 0 aromatic heterocycles. The summed E-state index contributed by atoms with van der Waals surface area (Å²) in [4.78, 5) is 31.0. The number of para-hydroxylation sites is 2. The van der Waals surface area contributed by atoms with Crippen molar-refractivity contribution in [2.75, 3.05) is 36.0 Å². The van der Waals surface area contributed by atoms with Gasteiger partial charge in [0.2, 0.25) is 5.91 Å². The molecule has 2 fully saturated rings. The van der Waals surface area contributed by atoms with Gasteiger partial charge in [-0.3, -0.25) is 14.5 Å². The number of anilines is 2. The molecule has 2 heterocycles. The molecule has 0 unspecified atom stereocenters. The van der Waals surface area contributed by atoms with E-state index >= 15 is 0 Å². The van der Waals surface area contributed by atoms with Gasteiger partial charge in [-0.2, -0.15) is 0 Å². The van der Waals surface area contributed by atoms with Gasteiger partial charge in [0.05, 0.1) is 23.8 Å². The Morgan fingerprint density at radius 2 is 1.75 bits per heavy atom. The Morgan fingerprint density at radius 3 is 2.43 bits per heavy atom. The molecule has 28 heavy (non-hydrogen) atoms. The Kier molecular flexibility index (Phi) is 5.00. The number of carbonyl (C=O) groups excluding carboxylic acids is 2. The maximum Gasteiger partial charge on any atom is 0.251 e. The summed E-state index contributed by atoms with van der Waals surface area (Å²) >= 11 is 6.17. The van der Waals surface area contributed by atoms with Crippen LogP contribution in [0.3, 0.4) is 0 Å². The Morgan fingerprint density at radius 1 is 1.04 bits per heavy atom. The lowest BCUT2D eigenvalue weighted by atomic mass is 10.1. The molecule has 2 aromatic carbocycles. The van der Waals surface area contributed by atoms with Gasteiger partial charge < -0.3 is 10.0 Å². The van der Waals surface area contributed by atoms with E-state index in [0.717, 1.165) is 11.3 Å². The van der Waals surface area contributed by atoms with Crippen LogP contribution in [0.5, 0.6) is 5.75 Å². The summed E-state index contributed by atoms with van der Waals surface area (Å²) in [6.07, 6.45) is 0.181. The van der Waals surface area contributed by atoms with Crippen molar-refractivity contribution in [2.45, 2.75) is 19.4 Å². The average Bonchev–Trinajstić information content (AvgIpc) is 2.99. The number of rotatable bonds is 3. The summed E-state index contributed by atoms with van der Waals surface area (Å²) in [5.74, 6) is -0.135. The molecule has 2 amide bonds. The van der Waals surface area contributed by atoms with Crippen LogP contribution >= 0.6 is 11.6 Å². The van der Waals surface area contributed by atoms with Gasteiger partial charge in [-0.1, -0.05) is 29.8 Å². The van der Waals surface area contributed by atoms with Crippen LogP contribution in [0, 0.1) is 6.92 Å². The van der Waals surface area contributed by atoms with Crippen LogP contribution in [0.2, 0.25) is 5.02 Å². The SMILES string of the molecule is Cc1ccc(N2C(=O)C[C@H](N3CCN(c4ccccc4O)CC3)C2=O)cc1Cl. The van der Waals surface area contributed by atoms with Crippen LogP contribution < -0.4 is 9.80 Å². The lowest BCUT2D eigenvalue weighted by molar-refractivity contribution is -0.123. The maximum absolute atomic E-state index is 13.0. The molecule has 7 heteroatoms. The summed E-state index contributed by atoms with van der Waals surface area (Å²) in [5.41, 5.74) is 2.23. The number of imide groups is 1. The van der Waals surface area contributed by atoms with E-state index in [-0.39, 0.29) is 24.0 Å². The first-order valence-electron chi connectivity index (χ1n) is 9.35. The second-order valence-corrected chi connectivity index (χ2v) is 7.64. The number of piperazine rings is 1. The third-order valence-electron chi connectivity index (χ3n) is 5.51. The molecule has 1 N–H and O–H groups in total. The summed E-state index contributed by atoms with van der Waals surface area (Å²) < 4.78 is 0. The zero-order valence-electron chi connectivity index (χ0n) is 15.6. The molecule has 6 nitrogen and oxygen atoms in total. The summed E-state index contributed by atoms with van der Waals surface area (Å²) in [7, 11) is 0. The van der Waals surface area contributed by atoms with Crippen LogP contribution in [0.4, 0.5) is 11.4 Å². The topological polar surface area (TPSA) is 64.1 Å². The van der Waals surface area contributed by atoms with Crippen molar-refractivity contribution in [3.05, 3.63) is 53.1 Å².